The molecule has 0 bridgehead atoms. The van der Waals surface area contributed by atoms with Gasteiger partial charge in [-0.2, -0.15) is 0 Å². The van der Waals surface area contributed by atoms with Crippen LogP contribution in [0.4, 0.5) is 0 Å². The number of ether oxygens (including phenoxy) is 1. The lowest BCUT2D eigenvalue weighted by atomic mass is 10.1. The van der Waals surface area contributed by atoms with Gasteiger partial charge in [-0.15, -0.1) is 33.2 Å². The first-order valence-corrected chi connectivity index (χ1v) is 10.6. The van der Waals surface area contributed by atoms with E-state index in [4.69, 9.17) is 38.0 Å². The summed E-state index contributed by atoms with van der Waals surface area (Å²) in [6.07, 6.45) is 2.61. The first-order chi connectivity index (χ1) is 8.01. The summed E-state index contributed by atoms with van der Waals surface area (Å²) in [5, 5.41) is 0. The highest BCUT2D eigenvalue weighted by Gasteiger charge is 2.23. The van der Waals surface area contributed by atoms with Crippen molar-refractivity contribution >= 4 is 45.3 Å². The van der Waals surface area contributed by atoms with Gasteiger partial charge in [-0.05, 0) is 23.6 Å². The Labute approximate surface area is 117 Å². The molecule has 0 aromatic heterocycles. The first kappa shape index (κ1) is 15.1. The zero-order valence-corrected chi connectivity index (χ0v) is 12.7. The predicted molar refractivity (Wildman–Crippen MR) is 78.9 cm³/mol. The van der Waals surface area contributed by atoms with Crippen molar-refractivity contribution < 1.29 is 4.74 Å². The SMILES string of the molecule is C=Cc1ccc(COCCC[Si](Cl)(Cl)Cl)cc1. The van der Waals surface area contributed by atoms with Crippen LogP contribution in [0.1, 0.15) is 17.5 Å². The normalized spacial score (nSPS) is 11.5. The summed E-state index contributed by atoms with van der Waals surface area (Å²) in [5.74, 6) is 0. The van der Waals surface area contributed by atoms with Gasteiger partial charge in [0.1, 0.15) is 0 Å². The smallest absolute Gasteiger partial charge is 0.341 e. The van der Waals surface area contributed by atoms with E-state index in [0.717, 1.165) is 17.5 Å². The molecule has 0 amide bonds. The standard InChI is InChI=1S/C12H15Cl3OSi/c1-2-11-4-6-12(7-5-11)10-16-8-3-9-17(13,14)15/h2,4-7H,1,3,8-10H2. The molecule has 0 aliphatic carbocycles. The summed E-state index contributed by atoms with van der Waals surface area (Å²) >= 11 is 17.3. The molecule has 0 aliphatic rings. The molecular weight excluding hydrogens is 295 g/mol. The zero-order valence-electron chi connectivity index (χ0n) is 9.46. The quantitative estimate of drug-likeness (QED) is 0.396. The van der Waals surface area contributed by atoms with Crippen LogP contribution in [0.5, 0.6) is 0 Å². The van der Waals surface area contributed by atoms with Crippen molar-refractivity contribution in [3.63, 3.8) is 0 Å². The molecule has 5 heteroatoms. The molecule has 0 spiro atoms. The maximum atomic E-state index is 5.77. The Morgan fingerprint density at radius 2 is 1.82 bits per heavy atom. The molecule has 0 saturated carbocycles. The highest BCUT2D eigenvalue weighted by Crippen LogP contribution is 2.26. The summed E-state index contributed by atoms with van der Waals surface area (Å²) in [4.78, 5) is 0. The largest absolute Gasteiger partial charge is 0.377 e. The average Bonchev–Trinajstić information content (AvgIpc) is 2.28. The molecule has 0 N–H and O–H groups in total. The molecule has 1 aromatic rings. The van der Waals surface area contributed by atoms with Crippen molar-refractivity contribution in [3.05, 3.63) is 42.0 Å². The van der Waals surface area contributed by atoms with Crippen LogP contribution >= 0.6 is 33.2 Å². The molecule has 1 rings (SSSR count). The van der Waals surface area contributed by atoms with Gasteiger partial charge in [0.15, 0.2) is 0 Å². The van der Waals surface area contributed by atoms with Gasteiger partial charge in [0, 0.05) is 6.61 Å². The molecule has 0 unspecified atom stereocenters. The van der Waals surface area contributed by atoms with E-state index in [-0.39, 0.29) is 0 Å². The Kier molecular flexibility index (Phi) is 6.60. The van der Waals surface area contributed by atoms with Crippen molar-refractivity contribution in [2.45, 2.75) is 19.1 Å². The average molecular weight is 310 g/mol. The lowest BCUT2D eigenvalue weighted by Crippen LogP contribution is -2.09. The summed E-state index contributed by atoms with van der Waals surface area (Å²) in [6.45, 7) is 4.93. The molecule has 0 fully saturated rings. The minimum absolute atomic E-state index is 0.596. The van der Waals surface area contributed by atoms with E-state index in [1.807, 2.05) is 30.3 Å². The van der Waals surface area contributed by atoms with Gasteiger partial charge in [0.25, 0.3) is 0 Å². The van der Waals surface area contributed by atoms with Crippen molar-refractivity contribution in [2.24, 2.45) is 0 Å². The van der Waals surface area contributed by atoms with E-state index in [2.05, 4.69) is 6.58 Å². The molecule has 0 aliphatic heterocycles. The summed E-state index contributed by atoms with van der Waals surface area (Å²) in [6, 6.07) is 6.26. The molecule has 94 valence electrons. The number of benzene rings is 1. The third-order valence-corrected chi connectivity index (χ3v) is 4.85. The second-order valence-corrected chi connectivity index (χ2v) is 13.0. The predicted octanol–water partition coefficient (Wildman–Crippen LogP) is 4.89. The first-order valence-electron chi connectivity index (χ1n) is 5.37. The highest BCUT2D eigenvalue weighted by molar-refractivity contribution is 7.64. The molecule has 0 saturated heterocycles. The minimum atomic E-state index is -2.47. The maximum absolute atomic E-state index is 5.77. The van der Waals surface area contributed by atoms with Gasteiger partial charge in [-0.25, -0.2) is 0 Å². The van der Waals surface area contributed by atoms with Crippen LogP contribution in [0, 0.1) is 0 Å². The van der Waals surface area contributed by atoms with Crippen LogP contribution in [0.2, 0.25) is 6.04 Å². The van der Waals surface area contributed by atoms with E-state index in [0.29, 0.717) is 19.3 Å². The van der Waals surface area contributed by atoms with E-state index in [1.165, 1.54) is 0 Å². The van der Waals surface area contributed by atoms with Crippen LogP contribution < -0.4 is 0 Å². The Morgan fingerprint density at radius 3 is 2.35 bits per heavy atom. The van der Waals surface area contributed by atoms with Crippen LogP contribution in [0.3, 0.4) is 0 Å². The van der Waals surface area contributed by atoms with Crippen molar-refractivity contribution in [3.8, 4) is 0 Å². The van der Waals surface area contributed by atoms with Gasteiger partial charge in [0.05, 0.1) is 6.61 Å². The Morgan fingerprint density at radius 1 is 1.18 bits per heavy atom. The molecule has 17 heavy (non-hydrogen) atoms. The van der Waals surface area contributed by atoms with E-state index >= 15 is 0 Å². The van der Waals surface area contributed by atoms with E-state index < -0.39 is 6.00 Å². The fourth-order valence-electron chi connectivity index (χ4n) is 1.31. The second kappa shape index (κ2) is 7.44. The molecule has 1 nitrogen and oxygen atoms in total. The lowest BCUT2D eigenvalue weighted by Gasteiger charge is -2.08. The molecule has 0 atom stereocenters. The fraction of sp³-hybridized carbons (Fsp3) is 0.333. The van der Waals surface area contributed by atoms with Gasteiger partial charge < -0.3 is 4.74 Å². The third kappa shape index (κ3) is 7.12. The second-order valence-electron chi connectivity index (χ2n) is 3.72. The number of hydrogen-bond acceptors (Lipinski definition) is 1. The molecule has 0 radical (unpaired) electrons. The number of halogens is 3. The maximum Gasteiger partial charge on any atom is 0.341 e. The van der Waals surface area contributed by atoms with Gasteiger partial charge in [-0.3, -0.25) is 0 Å². The fourth-order valence-corrected chi connectivity index (χ4v) is 3.06. The van der Waals surface area contributed by atoms with Crippen LogP contribution in [-0.4, -0.2) is 12.6 Å². The Hall–Kier alpha value is 0.00688. The third-order valence-electron chi connectivity index (χ3n) is 2.23. The number of hydrogen-bond donors (Lipinski definition) is 0. The molecular formula is C12H15Cl3OSi. The molecule has 0 heterocycles. The van der Waals surface area contributed by atoms with Crippen LogP contribution in [-0.2, 0) is 11.3 Å². The lowest BCUT2D eigenvalue weighted by molar-refractivity contribution is 0.121. The summed E-state index contributed by atoms with van der Waals surface area (Å²) < 4.78 is 5.51. The highest BCUT2D eigenvalue weighted by atomic mass is 35.8. The monoisotopic (exact) mass is 308 g/mol. The van der Waals surface area contributed by atoms with Crippen molar-refractivity contribution in [1.82, 2.24) is 0 Å². The van der Waals surface area contributed by atoms with Crippen LogP contribution in [0.25, 0.3) is 6.08 Å². The van der Waals surface area contributed by atoms with Crippen molar-refractivity contribution in [2.75, 3.05) is 6.61 Å². The topological polar surface area (TPSA) is 9.23 Å². The zero-order chi connectivity index (χ0) is 12.7. The van der Waals surface area contributed by atoms with Gasteiger partial charge >= 0.3 is 6.00 Å². The van der Waals surface area contributed by atoms with E-state index in [9.17, 15) is 0 Å². The minimum Gasteiger partial charge on any atom is -0.377 e. The van der Waals surface area contributed by atoms with Crippen LogP contribution in [0.15, 0.2) is 30.8 Å². The van der Waals surface area contributed by atoms with E-state index in [1.54, 1.807) is 0 Å². The van der Waals surface area contributed by atoms with Gasteiger partial charge in [0.2, 0.25) is 0 Å². The summed E-state index contributed by atoms with van der Waals surface area (Å²) in [7, 11) is 0. The summed E-state index contributed by atoms with van der Waals surface area (Å²) in [5.41, 5.74) is 2.25. The van der Waals surface area contributed by atoms with Gasteiger partial charge in [-0.1, -0.05) is 36.9 Å². The molecule has 1 aromatic carbocycles. The Bertz CT molecular complexity index is 346. The Balaban J connectivity index is 2.20. The van der Waals surface area contributed by atoms with Crippen molar-refractivity contribution in [1.29, 1.82) is 0 Å². The number of rotatable bonds is 7.